The van der Waals surface area contributed by atoms with Gasteiger partial charge in [-0.2, -0.15) is 5.26 Å². The van der Waals surface area contributed by atoms with Crippen molar-refractivity contribution >= 4 is 23.4 Å². The summed E-state index contributed by atoms with van der Waals surface area (Å²) in [4.78, 5) is 16.8. The molecule has 2 aromatic carbocycles. The fourth-order valence-corrected chi connectivity index (χ4v) is 4.72. The largest absolute Gasteiger partial charge is 0.298 e. The lowest BCUT2D eigenvalue weighted by Gasteiger charge is -2.26. The number of piperidine rings is 1. The second-order valence-corrected chi connectivity index (χ2v) is 8.75. The van der Waals surface area contributed by atoms with E-state index in [4.69, 9.17) is 0 Å². The number of amides is 1. The first-order chi connectivity index (χ1) is 16.2. The molecule has 0 N–H and O–H groups in total. The van der Waals surface area contributed by atoms with Crippen molar-refractivity contribution in [3.05, 3.63) is 66.2 Å². The predicted octanol–water partition coefficient (Wildman–Crippen LogP) is 4.04. The van der Waals surface area contributed by atoms with Crippen molar-refractivity contribution < 1.29 is 9.18 Å². The van der Waals surface area contributed by atoms with E-state index in [1.54, 1.807) is 24.3 Å². The Kier molecular flexibility index (Phi) is 7.70. The van der Waals surface area contributed by atoms with E-state index >= 15 is 0 Å². The maximum absolute atomic E-state index is 13.5. The molecule has 0 saturated carbocycles. The third kappa shape index (κ3) is 5.78. The van der Waals surface area contributed by atoms with Crippen LogP contribution in [-0.2, 0) is 11.3 Å². The molecule has 0 bridgehead atoms. The Labute approximate surface area is 196 Å². The van der Waals surface area contributed by atoms with Crippen molar-refractivity contribution in [2.45, 2.75) is 31.0 Å². The zero-order valence-electron chi connectivity index (χ0n) is 18.2. The number of hydrogen-bond acceptors (Lipinski definition) is 6. The highest BCUT2D eigenvalue weighted by atomic mass is 32.2. The first-order valence-corrected chi connectivity index (χ1v) is 11.9. The number of benzene rings is 2. The molecule has 1 aromatic heterocycles. The average Bonchev–Trinajstić information content (AvgIpc) is 3.25. The molecule has 1 aliphatic rings. The zero-order chi connectivity index (χ0) is 23.0. The van der Waals surface area contributed by atoms with Gasteiger partial charge in [0.25, 0.3) is 0 Å². The summed E-state index contributed by atoms with van der Waals surface area (Å²) in [6.07, 6.45) is 3.56. The number of hydrogen-bond donors (Lipinski definition) is 0. The number of thioether (sulfide) groups is 1. The van der Waals surface area contributed by atoms with Crippen molar-refractivity contribution in [1.82, 2.24) is 19.7 Å². The minimum Gasteiger partial charge on any atom is -0.298 e. The topological polar surface area (TPSA) is 78.0 Å². The van der Waals surface area contributed by atoms with Gasteiger partial charge in [0.15, 0.2) is 11.0 Å². The summed E-state index contributed by atoms with van der Waals surface area (Å²) in [5.74, 6) is 0.345. The molecule has 170 valence electrons. The van der Waals surface area contributed by atoms with Crippen LogP contribution in [0.4, 0.5) is 10.1 Å². The second kappa shape index (κ2) is 11.1. The molecular weight excluding hydrogens is 439 g/mol. The van der Waals surface area contributed by atoms with Crippen molar-refractivity contribution in [2.24, 2.45) is 0 Å². The molecule has 1 fully saturated rings. The van der Waals surface area contributed by atoms with Crippen LogP contribution in [0.3, 0.4) is 0 Å². The van der Waals surface area contributed by atoms with E-state index in [1.807, 2.05) is 22.8 Å². The van der Waals surface area contributed by atoms with E-state index in [-0.39, 0.29) is 24.0 Å². The van der Waals surface area contributed by atoms with E-state index in [1.165, 1.54) is 35.2 Å². The highest BCUT2D eigenvalue weighted by molar-refractivity contribution is 7.99. The molecule has 1 saturated heterocycles. The standard InChI is InChI=1S/C24H25FN6OS/c25-19-9-11-21(12-10-19)31-22(17-29-14-5-2-6-15-29)27-28-24(31)33-18-23(32)30(16-13-26)20-7-3-1-4-8-20/h1,3-4,7-12H,2,5-6,14-18H2. The summed E-state index contributed by atoms with van der Waals surface area (Å²) in [7, 11) is 0. The Hall–Kier alpha value is -3.22. The van der Waals surface area contributed by atoms with Gasteiger partial charge in [0.2, 0.25) is 5.91 Å². The number of nitrogens with zero attached hydrogens (tertiary/aromatic N) is 6. The summed E-state index contributed by atoms with van der Waals surface area (Å²) < 4.78 is 15.4. The van der Waals surface area contributed by atoms with Crippen LogP contribution >= 0.6 is 11.8 Å². The van der Waals surface area contributed by atoms with Gasteiger partial charge in [-0.25, -0.2) is 4.39 Å². The van der Waals surface area contributed by atoms with Crippen LogP contribution in [0.15, 0.2) is 59.8 Å². The quantitative estimate of drug-likeness (QED) is 0.370. The van der Waals surface area contributed by atoms with Crippen molar-refractivity contribution in [2.75, 3.05) is 30.3 Å². The highest BCUT2D eigenvalue weighted by Crippen LogP contribution is 2.25. The fourth-order valence-electron chi connectivity index (χ4n) is 3.87. The van der Waals surface area contributed by atoms with Crippen LogP contribution in [0.2, 0.25) is 0 Å². The van der Waals surface area contributed by atoms with Crippen LogP contribution in [0.25, 0.3) is 5.69 Å². The van der Waals surface area contributed by atoms with Crippen LogP contribution in [0.1, 0.15) is 25.1 Å². The Morgan fingerprint density at radius 1 is 1.06 bits per heavy atom. The fraction of sp³-hybridized carbons (Fsp3) is 0.333. The first-order valence-electron chi connectivity index (χ1n) is 10.9. The van der Waals surface area contributed by atoms with E-state index in [9.17, 15) is 14.4 Å². The number of rotatable bonds is 8. The molecule has 0 radical (unpaired) electrons. The van der Waals surface area contributed by atoms with Gasteiger partial charge in [-0.15, -0.1) is 10.2 Å². The zero-order valence-corrected chi connectivity index (χ0v) is 19.0. The molecule has 1 amide bonds. The van der Waals surface area contributed by atoms with E-state index < -0.39 is 0 Å². The van der Waals surface area contributed by atoms with Gasteiger partial charge in [-0.1, -0.05) is 36.4 Å². The van der Waals surface area contributed by atoms with Gasteiger partial charge in [0.1, 0.15) is 12.4 Å². The van der Waals surface area contributed by atoms with E-state index in [2.05, 4.69) is 21.2 Å². The normalized spacial score (nSPS) is 14.1. The average molecular weight is 465 g/mol. The summed E-state index contributed by atoms with van der Waals surface area (Å²) in [6, 6.07) is 17.4. The van der Waals surface area contributed by atoms with Crippen LogP contribution in [0, 0.1) is 17.1 Å². The number of anilines is 1. The molecule has 2 heterocycles. The highest BCUT2D eigenvalue weighted by Gasteiger charge is 2.21. The monoisotopic (exact) mass is 464 g/mol. The minimum absolute atomic E-state index is 0.0335. The van der Waals surface area contributed by atoms with Gasteiger partial charge < -0.3 is 0 Å². The van der Waals surface area contributed by atoms with Gasteiger partial charge in [0, 0.05) is 11.4 Å². The number of likely N-dealkylation sites (tertiary alicyclic amines) is 1. The second-order valence-electron chi connectivity index (χ2n) is 7.81. The number of aromatic nitrogens is 3. The molecule has 9 heteroatoms. The summed E-state index contributed by atoms with van der Waals surface area (Å²) in [5.41, 5.74) is 1.43. The predicted molar refractivity (Wildman–Crippen MR) is 126 cm³/mol. The lowest BCUT2D eigenvalue weighted by atomic mass is 10.1. The number of para-hydroxylation sites is 1. The molecule has 0 aliphatic carbocycles. The van der Waals surface area contributed by atoms with E-state index in [0.29, 0.717) is 17.4 Å². The van der Waals surface area contributed by atoms with Crippen LogP contribution in [0.5, 0.6) is 0 Å². The summed E-state index contributed by atoms with van der Waals surface area (Å²) >= 11 is 1.26. The Balaban J connectivity index is 1.55. The molecular formula is C24H25FN6OS. The van der Waals surface area contributed by atoms with Gasteiger partial charge >= 0.3 is 0 Å². The molecule has 4 rings (SSSR count). The maximum atomic E-state index is 13.5. The minimum atomic E-state index is -0.316. The molecule has 0 atom stereocenters. The molecule has 7 nitrogen and oxygen atoms in total. The number of nitriles is 1. The van der Waals surface area contributed by atoms with Crippen molar-refractivity contribution in [3.8, 4) is 11.8 Å². The van der Waals surface area contributed by atoms with Crippen LogP contribution < -0.4 is 4.90 Å². The van der Waals surface area contributed by atoms with E-state index in [0.717, 1.165) is 37.4 Å². The molecule has 0 spiro atoms. The summed E-state index contributed by atoms with van der Waals surface area (Å²) in [5, 5.41) is 18.5. The Morgan fingerprint density at radius 2 is 1.79 bits per heavy atom. The van der Waals surface area contributed by atoms with Gasteiger partial charge in [0.05, 0.1) is 18.4 Å². The Morgan fingerprint density at radius 3 is 2.48 bits per heavy atom. The third-order valence-electron chi connectivity index (χ3n) is 5.52. The SMILES string of the molecule is N#CCN(C(=O)CSc1nnc(CN2CCCCC2)n1-c1ccc(F)cc1)c1ccccc1. The van der Waals surface area contributed by atoms with Crippen molar-refractivity contribution in [1.29, 1.82) is 5.26 Å². The number of halogens is 1. The first kappa shape index (κ1) is 23.0. The van der Waals surface area contributed by atoms with Gasteiger partial charge in [-0.05, 0) is 62.3 Å². The molecule has 3 aromatic rings. The number of carbonyl (C=O) groups is 1. The smallest absolute Gasteiger partial charge is 0.238 e. The molecule has 0 unspecified atom stereocenters. The van der Waals surface area contributed by atoms with Gasteiger partial charge in [-0.3, -0.25) is 19.2 Å². The lowest BCUT2D eigenvalue weighted by molar-refractivity contribution is -0.116. The lowest BCUT2D eigenvalue weighted by Crippen LogP contribution is -2.32. The molecule has 33 heavy (non-hydrogen) atoms. The Bertz CT molecular complexity index is 1110. The summed E-state index contributed by atoms with van der Waals surface area (Å²) in [6.45, 7) is 2.63. The van der Waals surface area contributed by atoms with Crippen molar-refractivity contribution in [3.63, 3.8) is 0 Å². The maximum Gasteiger partial charge on any atom is 0.238 e. The number of carbonyl (C=O) groups excluding carboxylic acids is 1. The third-order valence-corrected chi connectivity index (χ3v) is 6.44. The molecule has 1 aliphatic heterocycles. The van der Waals surface area contributed by atoms with Crippen LogP contribution in [-0.4, -0.2) is 51.0 Å².